The van der Waals surface area contributed by atoms with Gasteiger partial charge >= 0.3 is 5.97 Å². The first kappa shape index (κ1) is 15.9. The van der Waals surface area contributed by atoms with Crippen LogP contribution in [0, 0.1) is 0 Å². The summed E-state index contributed by atoms with van der Waals surface area (Å²) in [6.45, 7) is 2.79. The second kappa shape index (κ2) is 5.72. The molecule has 0 aromatic carbocycles. The van der Waals surface area contributed by atoms with E-state index >= 15 is 0 Å². The van der Waals surface area contributed by atoms with Gasteiger partial charge in [-0.25, -0.2) is 4.79 Å². The van der Waals surface area contributed by atoms with Crippen molar-refractivity contribution in [3.05, 3.63) is 24.4 Å². The summed E-state index contributed by atoms with van der Waals surface area (Å²) in [7, 11) is 0. The van der Waals surface area contributed by atoms with Gasteiger partial charge in [-0.1, -0.05) is 6.08 Å². The Balaban J connectivity index is 2.29. The number of nitrogens with zero attached hydrogens (tertiary/aromatic N) is 2. The molecule has 2 aliphatic heterocycles. The molecule has 0 aromatic rings. The van der Waals surface area contributed by atoms with Crippen molar-refractivity contribution in [3.63, 3.8) is 0 Å². The number of aliphatic hydroxyl groups is 1. The third-order valence-corrected chi connectivity index (χ3v) is 3.63. The number of amides is 2. The van der Waals surface area contributed by atoms with E-state index in [0.29, 0.717) is 5.84 Å². The molecule has 3 atom stereocenters. The van der Waals surface area contributed by atoms with E-state index in [0.717, 1.165) is 0 Å². The van der Waals surface area contributed by atoms with Gasteiger partial charge in [0.25, 0.3) is 5.91 Å². The van der Waals surface area contributed by atoms with Gasteiger partial charge in [0.1, 0.15) is 11.4 Å². The third-order valence-electron chi connectivity index (χ3n) is 3.63. The molecule has 0 saturated heterocycles. The van der Waals surface area contributed by atoms with Gasteiger partial charge in [-0.3, -0.25) is 9.59 Å². The summed E-state index contributed by atoms with van der Waals surface area (Å²) in [5.74, 6) is -2.16. The van der Waals surface area contributed by atoms with Crippen LogP contribution in [0.1, 0.15) is 20.3 Å². The Morgan fingerprint density at radius 2 is 2.14 bits per heavy atom. The van der Waals surface area contributed by atoms with Gasteiger partial charge in [-0.05, 0) is 26.0 Å². The zero-order valence-electron chi connectivity index (χ0n) is 12.2. The second-order valence-electron chi connectivity index (χ2n) is 5.41. The number of carbonyl (C=O) groups excluding carboxylic acids is 2. The molecule has 0 saturated carbocycles. The van der Waals surface area contributed by atoms with E-state index in [9.17, 15) is 19.5 Å². The highest BCUT2D eigenvalue weighted by molar-refractivity contribution is 6.09. The number of hydrogen-bond donors (Lipinski definition) is 3. The zero-order valence-corrected chi connectivity index (χ0v) is 12.2. The van der Waals surface area contributed by atoms with Gasteiger partial charge in [-0.2, -0.15) is 4.99 Å². The SMILES string of the molecule is CC(O)C(NC(=O)C1(C)CC(=O)N=C2C=CC=CN21)C(=O)O. The lowest BCUT2D eigenvalue weighted by Crippen LogP contribution is -2.63. The third kappa shape index (κ3) is 2.77. The monoisotopic (exact) mass is 307 g/mol. The number of aliphatic imine (C=N–C) groups is 1. The molecule has 8 nitrogen and oxygen atoms in total. The minimum Gasteiger partial charge on any atom is -0.480 e. The lowest BCUT2D eigenvalue weighted by Gasteiger charge is -2.42. The lowest BCUT2D eigenvalue weighted by atomic mass is 9.90. The smallest absolute Gasteiger partial charge is 0.328 e. The maximum Gasteiger partial charge on any atom is 0.328 e. The summed E-state index contributed by atoms with van der Waals surface area (Å²) < 4.78 is 0. The fourth-order valence-electron chi connectivity index (χ4n) is 2.36. The average Bonchev–Trinajstić information content (AvgIpc) is 2.43. The summed E-state index contributed by atoms with van der Waals surface area (Å²) in [5, 5.41) is 20.8. The molecule has 2 heterocycles. The number of nitrogens with one attached hydrogen (secondary N) is 1. The normalized spacial score (nSPS) is 26.0. The Bertz CT molecular complexity index is 608. The van der Waals surface area contributed by atoms with Crippen LogP contribution in [0.5, 0.6) is 0 Å². The maximum absolute atomic E-state index is 12.5. The van der Waals surface area contributed by atoms with Crippen molar-refractivity contribution in [2.24, 2.45) is 4.99 Å². The molecule has 0 aromatic heterocycles. The van der Waals surface area contributed by atoms with Crippen molar-refractivity contribution < 1.29 is 24.6 Å². The Labute approximate surface area is 126 Å². The molecular weight excluding hydrogens is 290 g/mol. The summed E-state index contributed by atoms with van der Waals surface area (Å²) in [6.07, 6.45) is 5.10. The molecule has 0 spiro atoms. The summed E-state index contributed by atoms with van der Waals surface area (Å²) >= 11 is 0. The first-order valence-corrected chi connectivity index (χ1v) is 6.73. The Kier molecular flexibility index (Phi) is 4.14. The van der Waals surface area contributed by atoms with Gasteiger partial charge in [0.2, 0.25) is 5.91 Å². The number of aliphatic carboxylic acids is 1. The molecule has 2 rings (SSSR count). The predicted octanol–water partition coefficient (Wildman–Crippen LogP) is -0.590. The molecular formula is C14H17N3O5. The molecule has 8 heteroatoms. The highest BCUT2D eigenvalue weighted by Gasteiger charge is 2.46. The van der Waals surface area contributed by atoms with Crippen molar-refractivity contribution in [1.29, 1.82) is 0 Å². The first-order chi connectivity index (χ1) is 10.3. The summed E-state index contributed by atoms with van der Waals surface area (Å²) in [5.41, 5.74) is -1.31. The van der Waals surface area contributed by atoms with E-state index in [1.165, 1.54) is 18.7 Å². The molecule has 2 amide bonds. The number of carboxylic acids is 1. The van der Waals surface area contributed by atoms with Crippen molar-refractivity contribution in [2.45, 2.75) is 38.0 Å². The Morgan fingerprint density at radius 3 is 2.73 bits per heavy atom. The quantitative estimate of drug-likeness (QED) is 0.638. The maximum atomic E-state index is 12.5. The van der Waals surface area contributed by atoms with Crippen LogP contribution in [0.3, 0.4) is 0 Å². The average molecular weight is 307 g/mol. The standard InChI is InChI=1S/C14H17N3O5/c1-8(18)11(12(20)21)16-13(22)14(2)7-10(19)15-9-5-3-4-6-17(9)14/h3-6,8,11,18H,7H2,1-2H3,(H,16,22)(H,20,21). The number of allylic oxidation sites excluding steroid dienone is 2. The number of amidine groups is 1. The van der Waals surface area contributed by atoms with Gasteiger partial charge < -0.3 is 20.4 Å². The van der Waals surface area contributed by atoms with Crippen LogP contribution in [-0.2, 0) is 14.4 Å². The number of fused-ring (bicyclic) bond motifs is 1. The van der Waals surface area contributed by atoms with Crippen molar-refractivity contribution in [3.8, 4) is 0 Å². The second-order valence-corrected chi connectivity index (χ2v) is 5.41. The van der Waals surface area contributed by atoms with Crippen LogP contribution >= 0.6 is 0 Å². The highest BCUT2D eigenvalue weighted by Crippen LogP contribution is 2.28. The van der Waals surface area contributed by atoms with Gasteiger partial charge in [0.15, 0.2) is 6.04 Å². The van der Waals surface area contributed by atoms with E-state index in [1.54, 1.807) is 24.4 Å². The van der Waals surface area contributed by atoms with Crippen LogP contribution < -0.4 is 5.32 Å². The van der Waals surface area contributed by atoms with Crippen LogP contribution in [0.15, 0.2) is 29.4 Å². The number of rotatable bonds is 4. The molecule has 0 aliphatic carbocycles. The molecule has 3 unspecified atom stereocenters. The molecule has 3 N–H and O–H groups in total. The van der Waals surface area contributed by atoms with Crippen LogP contribution in [0.4, 0.5) is 0 Å². The minimum atomic E-state index is -1.45. The minimum absolute atomic E-state index is 0.188. The van der Waals surface area contributed by atoms with Crippen LogP contribution in [0.2, 0.25) is 0 Å². The fourth-order valence-corrected chi connectivity index (χ4v) is 2.36. The fraction of sp³-hybridized carbons (Fsp3) is 0.429. The van der Waals surface area contributed by atoms with E-state index in [2.05, 4.69) is 10.3 Å². The number of carboxylic acid groups (broad SMARTS) is 1. The molecule has 0 bridgehead atoms. The molecule has 2 aliphatic rings. The van der Waals surface area contributed by atoms with Gasteiger partial charge in [0.05, 0.1) is 12.5 Å². The van der Waals surface area contributed by atoms with Crippen LogP contribution in [-0.4, -0.2) is 56.4 Å². The highest BCUT2D eigenvalue weighted by atomic mass is 16.4. The van der Waals surface area contributed by atoms with Crippen molar-refractivity contribution >= 4 is 23.6 Å². The predicted molar refractivity (Wildman–Crippen MR) is 76.8 cm³/mol. The lowest BCUT2D eigenvalue weighted by molar-refractivity contribution is -0.147. The van der Waals surface area contributed by atoms with Gasteiger partial charge in [0, 0.05) is 6.20 Å². The zero-order chi connectivity index (χ0) is 16.5. The van der Waals surface area contributed by atoms with Crippen molar-refractivity contribution in [2.75, 3.05) is 0 Å². The summed E-state index contributed by atoms with van der Waals surface area (Å²) in [4.78, 5) is 40.8. The molecule has 118 valence electrons. The van der Waals surface area contributed by atoms with E-state index < -0.39 is 35.5 Å². The number of carbonyl (C=O) groups is 3. The van der Waals surface area contributed by atoms with Crippen molar-refractivity contribution in [1.82, 2.24) is 10.2 Å². The van der Waals surface area contributed by atoms with E-state index in [4.69, 9.17) is 5.11 Å². The molecule has 0 radical (unpaired) electrons. The van der Waals surface area contributed by atoms with E-state index in [-0.39, 0.29) is 6.42 Å². The number of hydrogen-bond acceptors (Lipinski definition) is 5. The number of aliphatic hydroxyl groups excluding tert-OH is 1. The molecule has 0 fully saturated rings. The topological polar surface area (TPSA) is 119 Å². The Morgan fingerprint density at radius 1 is 1.45 bits per heavy atom. The van der Waals surface area contributed by atoms with Gasteiger partial charge in [-0.15, -0.1) is 0 Å². The summed E-state index contributed by atoms with van der Waals surface area (Å²) in [6, 6.07) is -1.45. The largest absolute Gasteiger partial charge is 0.480 e. The van der Waals surface area contributed by atoms with Crippen LogP contribution in [0.25, 0.3) is 0 Å². The Hall–Kier alpha value is -2.48. The van der Waals surface area contributed by atoms with E-state index in [1.807, 2.05) is 0 Å². The molecule has 22 heavy (non-hydrogen) atoms. The first-order valence-electron chi connectivity index (χ1n) is 6.73.